The molecule has 1 unspecified atom stereocenters. The molecule has 0 spiro atoms. The molecular weight excluding hydrogens is 455 g/mol. The summed E-state index contributed by atoms with van der Waals surface area (Å²) in [4.78, 5) is 6.84. The van der Waals surface area contributed by atoms with Gasteiger partial charge in [0, 0.05) is 32.4 Å². The third-order valence-corrected chi connectivity index (χ3v) is 5.44. The van der Waals surface area contributed by atoms with Gasteiger partial charge in [-0.2, -0.15) is 11.3 Å². The summed E-state index contributed by atoms with van der Waals surface area (Å²) in [6.07, 6.45) is 3.63. The van der Waals surface area contributed by atoms with Gasteiger partial charge in [-0.05, 0) is 66.3 Å². The lowest BCUT2D eigenvalue weighted by atomic mass is 10.1. The molecule has 1 fully saturated rings. The monoisotopic (exact) mass is 484 g/mol. The van der Waals surface area contributed by atoms with E-state index in [2.05, 4.69) is 68.5 Å². The van der Waals surface area contributed by atoms with E-state index in [0.717, 1.165) is 18.9 Å². The summed E-state index contributed by atoms with van der Waals surface area (Å²) in [7, 11) is 1.83. The number of rotatable bonds is 6. The lowest BCUT2D eigenvalue weighted by Crippen LogP contribution is -2.39. The lowest BCUT2D eigenvalue weighted by Gasteiger charge is -2.22. The van der Waals surface area contributed by atoms with Crippen LogP contribution in [0.1, 0.15) is 36.9 Å². The van der Waals surface area contributed by atoms with Crippen LogP contribution in [-0.4, -0.2) is 32.6 Å². The first-order valence-corrected chi connectivity index (χ1v) is 10.0. The maximum absolute atomic E-state index is 4.36. The van der Waals surface area contributed by atoms with Gasteiger partial charge in [-0.3, -0.25) is 4.99 Å². The summed E-state index contributed by atoms with van der Waals surface area (Å²) in [5.74, 6) is 0.856. The molecule has 4 nitrogen and oxygen atoms in total. The zero-order valence-corrected chi connectivity index (χ0v) is 18.7. The maximum atomic E-state index is 4.36. The first-order valence-electron chi connectivity index (χ1n) is 9.09. The fourth-order valence-electron chi connectivity index (χ4n) is 3.21. The van der Waals surface area contributed by atoms with Crippen LogP contribution in [0.4, 0.5) is 5.69 Å². The van der Waals surface area contributed by atoms with Crippen molar-refractivity contribution in [3.8, 4) is 0 Å². The largest absolute Gasteiger partial charge is 0.372 e. The molecule has 1 aliphatic rings. The Balaban J connectivity index is 0.00000243. The van der Waals surface area contributed by atoms with Gasteiger partial charge < -0.3 is 15.5 Å². The Bertz CT molecular complexity index is 681. The average molecular weight is 484 g/mol. The van der Waals surface area contributed by atoms with E-state index < -0.39 is 0 Å². The van der Waals surface area contributed by atoms with Crippen LogP contribution in [-0.2, 0) is 6.42 Å². The van der Waals surface area contributed by atoms with Gasteiger partial charge in [0.25, 0.3) is 0 Å². The Labute approximate surface area is 178 Å². The van der Waals surface area contributed by atoms with Crippen molar-refractivity contribution >= 4 is 47.0 Å². The van der Waals surface area contributed by atoms with Gasteiger partial charge in [-0.15, -0.1) is 24.0 Å². The number of halogens is 1. The number of aliphatic imine (C=N–C) groups is 1. The van der Waals surface area contributed by atoms with E-state index in [4.69, 9.17) is 0 Å². The molecule has 2 N–H and O–H groups in total. The van der Waals surface area contributed by atoms with Crippen LogP contribution in [0.25, 0.3) is 0 Å². The van der Waals surface area contributed by atoms with Gasteiger partial charge in [0.05, 0.1) is 6.04 Å². The van der Waals surface area contributed by atoms with Gasteiger partial charge in [-0.1, -0.05) is 12.1 Å². The smallest absolute Gasteiger partial charge is 0.191 e. The molecule has 142 valence electrons. The lowest BCUT2D eigenvalue weighted by molar-refractivity contribution is 0.684. The fraction of sp³-hybridized carbons (Fsp3) is 0.450. The summed E-state index contributed by atoms with van der Waals surface area (Å²) in [6, 6.07) is 11.3. The molecule has 1 aliphatic heterocycles. The zero-order valence-electron chi connectivity index (χ0n) is 15.6. The molecule has 0 aliphatic carbocycles. The van der Waals surface area contributed by atoms with Crippen molar-refractivity contribution in [2.75, 3.05) is 31.6 Å². The predicted octanol–water partition coefficient (Wildman–Crippen LogP) is 4.44. The van der Waals surface area contributed by atoms with Gasteiger partial charge in [0.1, 0.15) is 0 Å². The molecule has 26 heavy (non-hydrogen) atoms. The third-order valence-electron chi connectivity index (χ3n) is 4.70. The van der Waals surface area contributed by atoms with Crippen LogP contribution < -0.4 is 15.5 Å². The van der Waals surface area contributed by atoms with E-state index in [0.29, 0.717) is 0 Å². The number of anilines is 1. The summed E-state index contributed by atoms with van der Waals surface area (Å²) < 4.78 is 0. The molecule has 0 amide bonds. The number of nitrogens with zero attached hydrogens (tertiary/aromatic N) is 2. The highest BCUT2D eigenvalue weighted by Crippen LogP contribution is 2.23. The molecule has 1 aromatic carbocycles. The maximum Gasteiger partial charge on any atom is 0.191 e. The van der Waals surface area contributed by atoms with Crippen LogP contribution in [0, 0.1) is 0 Å². The number of guanidine groups is 1. The van der Waals surface area contributed by atoms with Crippen molar-refractivity contribution in [1.29, 1.82) is 0 Å². The van der Waals surface area contributed by atoms with Crippen LogP contribution in [0.15, 0.2) is 46.1 Å². The van der Waals surface area contributed by atoms with E-state index >= 15 is 0 Å². The normalized spacial score (nSPS) is 15.5. The van der Waals surface area contributed by atoms with Crippen LogP contribution in [0.5, 0.6) is 0 Å². The topological polar surface area (TPSA) is 39.7 Å². The van der Waals surface area contributed by atoms with Crippen molar-refractivity contribution in [2.45, 2.75) is 32.2 Å². The van der Waals surface area contributed by atoms with Gasteiger partial charge >= 0.3 is 0 Å². The highest BCUT2D eigenvalue weighted by atomic mass is 127. The molecule has 2 aromatic rings. The second-order valence-corrected chi connectivity index (χ2v) is 7.32. The van der Waals surface area contributed by atoms with Gasteiger partial charge in [0.2, 0.25) is 0 Å². The summed E-state index contributed by atoms with van der Waals surface area (Å²) in [6.45, 7) is 5.43. The standard InChI is InChI=1S/C20H28N4S.HI/c1-16(18-6-5-7-19(14-18)24-11-3-4-12-24)23-20(21-2)22-10-8-17-9-13-25-15-17;/h5-7,9,13-16H,3-4,8,10-12H2,1-2H3,(H2,21,22,23);1H. The molecular formula is C20H29IN4S. The summed E-state index contributed by atoms with van der Waals surface area (Å²) in [5.41, 5.74) is 4.01. The number of nitrogens with one attached hydrogen (secondary N) is 2. The third kappa shape index (κ3) is 5.87. The molecule has 0 radical (unpaired) electrons. The van der Waals surface area contributed by atoms with Crippen molar-refractivity contribution in [3.63, 3.8) is 0 Å². The summed E-state index contributed by atoms with van der Waals surface area (Å²) >= 11 is 1.75. The number of hydrogen-bond donors (Lipinski definition) is 2. The van der Waals surface area contributed by atoms with Gasteiger partial charge in [-0.25, -0.2) is 0 Å². The Hall–Kier alpha value is -1.28. The second-order valence-electron chi connectivity index (χ2n) is 6.54. The highest BCUT2D eigenvalue weighted by Gasteiger charge is 2.14. The first kappa shape index (κ1) is 21.0. The fourth-order valence-corrected chi connectivity index (χ4v) is 3.91. The molecule has 1 aromatic heterocycles. The summed E-state index contributed by atoms with van der Waals surface area (Å²) in [5, 5.41) is 11.2. The van der Waals surface area contributed by atoms with E-state index in [-0.39, 0.29) is 30.0 Å². The van der Waals surface area contributed by atoms with Crippen LogP contribution in [0.2, 0.25) is 0 Å². The van der Waals surface area contributed by atoms with E-state index in [1.807, 2.05) is 7.05 Å². The van der Waals surface area contributed by atoms with E-state index in [1.54, 1.807) is 11.3 Å². The Morgan fingerprint density at radius 1 is 1.27 bits per heavy atom. The SMILES string of the molecule is CN=C(NCCc1ccsc1)NC(C)c1cccc(N2CCCC2)c1.I. The van der Waals surface area contributed by atoms with Crippen LogP contribution >= 0.6 is 35.3 Å². The molecule has 6 heteroatoms. The minimum atomic E-state index is 0. The Kier molecular flexibility index (Phi) is 8.71. The van der Waals surface area contributed by atoms with Crippen molar-refractivity contribution in [1.82, 2.24) is 10.6 Å². The van der Waals surface area contributed by atoms with Crippen molar-refractivity contribution < 1.29 is 0 Å². The highest BCUT2D eigenvalue weighted by molar-refractivity contribution is 14.0. The van der Waals surface area contributed by atoms with E-state index in [1.165, 1.54) is 42.7 Å². The average Bonchev–Trinajstić information content (AvgIpc) is 3.34. The molecule has 3 rings (SSSR count). The predicted molar refractivity (Wildman–Crippen MR) is 124 cm³/mol. The molecule has 1 saturated heterocycles. The van der Waals surface area contributed by atoms with Crippen molar-refractivity contribution in [3.05, 3.63) is 52.2 Å². The van der Waals surface area contributed by atoms with Crippen LogP contribution in [0.3, 0.4) is 0 Å². The quantitative estimate of drug-likeness (QED) is 0.362. The Morgan fingerprint density at radius 2 is 2.08 bits per heavy atom. The second kappa shape index (κ2) is 10.8. The van der Waals surface area contributed by atoms with E-state index in [9.17, 15) is 0 Å². The Morgan fingerprint density at radius 3 is 2.77 bits per heavy atom. The molecule has 0 saturated carbocycles. The first-order chi connectivity index (χ1) is 12.3. The van der Waals surface area contributed by atoms with Crippen molar-refractivity contribution in [2.24, 2.45) is 4.99 Å². The molecule has 1 atom stereocenters. The number of thiophene rings is 1. The van der Waals surface area contributed by atoms with Gasteiger partial charge in [0.15, 0.2) is 5.96 Å². The zero-order chi connectivity index (χ0) is 17.5. The minimum absolute atomic E-state index is 0. The molecule has 0 bridgehead atoms. The number of benzene rings is 1. The number of hydrogen-bond acceptors (Lipinski definition) is 3. The minimum Gasteiger partial charge on any atom is -0.372 e. The molecule has 2 heterocycles.